The van der Waals surface area contributed by atoms with Crippen LogP contribution in [0.2, 0.25) is 5.02 Å². The van der Waals surface area contributed by atoms with Crippen LogP contribution in [0.25, 0.3) is 0 Å². The molecule has 0 radical (unpaired) electrons. The first kappa shape index (κ1) is 15.7. The summed E-state index contributed by atoms with van der Waals surface area (Å²) in [6.45, 7) is 4.27. The molecule has 0 spiro atoms. The van der Waals surface area contributed by atoms with Gasteiger partial charge in [-0.1, -0.05) is 29.8 Å². The molecule has 1 aliphatic rings. The van der Waals surface area contributed by atoms with E-state index in [1.54, 1.807) is 0 Å². The number of hydrogen-bond acceptors (Lipinski definition) is 5. The molecule has 7 heteroatoms. The van der Waals surface area contributed by atoms with Gasteiger partial charge in [-0.2, -0.15) is 0 Å². The molecule has 3 rings (SSSR count). The van der Waals surface area contributed by atoms with Crippen molar-refractivity contribution in [1.82, 2.24) is 14.9 Å². The van der Waals surface area contributed by atoms with Crippen LogP contribution < -0.4 is 4.90 Å². The van der Waals surface area contributed by atoms with Crippen molar-refractivity contribution in [1.29, 1.82) is 0 Å². The molecule has 1 N–H and O–H groups in total. The molecule has 2 heterocycles. The molecule has 23 heavy (non-hydrogen) atoms. The maximum Gasteiger partial charge on any atom is 0.356 e. The molecule has 6 nitrogen and oxygen atoms in total. The highest BCUT2D eigenvalue weighted by Crippen LogP contribution is 2.19. The molecule has 1 aromatic heterocycles. The molecular weight excluding hydrogens is 316 g/mol. The standard InChI is InChI=1S/C16H17ClN4O2/c17-13-4-2-1-3-12(13)11-20-5-7-21(8-6-20)15-10-18-14(9-19-15)16(22)23/h1-4,9-10H,5-8,11H2,(H,22,23). The molecule has 1 aromatic carbocycles. The molecule has 0 aliphatic carbocycles. The van der Waals surface area contributed by atoms with Crippen LogP contribution in [0.1, 0.15) is 16.1 Å². The average Bonchev–Trinajstić information content (AvgIpc) is 2.58. The van der Waals surface area contributed by atoms with Gasteiger partial charge in [0, 0.05) is 37.7 Å². The van der Waals surface area contributed by atoms with Crippen molar-refractivity contribution in [2.45, 2.75) is 6.54 Å². The summed E-state index contributed by atoms with van der Waals surface area (Å²) < 4.78 is 0. The summed E-state index contributed by atoms with van der Waals surface area (Å²) in [6.07, 6.45) is 2.82. The number of benzene rings is 1. The first-order chi connectivity index (χ1) is 11.1. The van der Waals surface area contributed by atoms with Gasteiger partial charge in [-0.05, 0) is 11.6 Å². The van der Waals surface area contributed by atoms with Crippen molar-refractivity contribution in [2.75, 3.05) is 31.1 Å². The zero-order valence-electron chi connectivity index (χ0n) is 12.5. The monoisotopic (exact) mass is 332 g/mol. The van der Waals surface area contributed by atoms with Gasteiger partial charge in [0.25, 0.3) is 0 Å². The van der Waals surface area contributed by atoms with E-state index in [1.165, 1.54) is 12.4 Å². The van der Waals surface area contributed by atoms with E-state index in [2.05, 4.69) is 19.8 Å². The molecule has 2 aromatic rings. The molecule has 0 amide bonds. The Bertz CT molecular complexity index is 685. The quantitative estimate of drug-likeness (QED) is 0.925. The highest BCUT2D eigenvalue weighted by atomic mass is 35.5. The molecule has 0 saturated carbocycles. The molecule has 0 unspecified atom stereocenters. The fraction of sp³-hybridized carbons (Fsp3) is 0.312. The Hall–Kier alpha value is -2.18. The van der Waals surface area contributed by atoms with Crippen LogP contribution in [-0.4, -0.2) is 52.1 Å². The number of nitrogens with zero attached hydrogens (tertiary/aromatic N) is 4. The second-order valence-electron chi connectivity index (χ2n) is 5.42. The zero-order chi connectivity index (χ0) is 16.2. The lowest BCUT2D eigenvalue weighted by Crippen LogP contribution is -2.46. The van der Waals surface area contributed by atoms with Crippen LogP contribution in [0.5, 0.6) is 0 Å². The minimum Gasteiger partial charge on any atom is -0.476 e. The Morgan fingerprint density at radius 2 is 1.87 bits per heavy atom. The van der Waals surface area contributed by atoms with Gasteiger partial charge in [0.1, 0.15) is 5.82 Å². The van der Waals surface area contributed by atoms with Crippen LogP contribution in [0.3, 0.4) is 0 Å². The first-order valence-corrected chi connectivity index (χ1v) is 7.77. The van der Waals surface area contributed by atoms with Crippen LogP contribution in [-0.2, 0) is 6.54 Å². The summed E-state index contributed by atoms with van der Waals surface area (Å²) in [7, 11) is 0. The Labute approximate surface area is 139 Å². The number of aromatic nitrogens is 2. The number of carboxylic acid groups (broad SMARTS) is 1. The van der Waals surface area contributed by atoms with Crippen molar-refractivity contribution in [3.8, 4) is 0 Å². The van der Waals surface area contributed by atoms with Gasteiger partial charge >= 0.3 is 5.97 Å². The Morgan fingerprint density at radius 1 is 1.13 bits per heavy atom. The SMILES string of the molecule is O=C(O)c1cnc(N2CCN(Cc3ccccc3Cl)CC2)cn1. The summed E-state index contributed by atoms with van der Waals surface area (Å²) >= 11 is 6.21. The highest BCUT2D eigenvalue weighted by molar-refractivity contribution is 6.31. The number of rotatable bonds is 4. The third kappa shape index (κ3) is 3.78. The van der Waals surface area contributed by atoms with Gasteiger partial charge in [-0.3, -0.25) is 4.90 Å². The van der Waals surface area contributed by atoms with E-state index in [0.29, 0.717) is 5.82 Å². The second-order valence-corrected chi connectivity index (χ2v) is 5.83. The van der Waals surface area contributed by atoms with Gasteiger partial charge in [-0.15, -0.1) is 0 Å². The van der Waals surface area contributed by atoms with E-state index < -0.39 is 5.97 Å². The number of aromatic carboxylic acids is 1. The van der Waals surface area contributed by atoms with Crippen LogP contribution in [0.4, 0.5) is 5.82 Å². The Kier molecular flexibility index (Phi) is 4.73. The third-order valence-corrected chi connectivity index (χ3v) is 4.27. The van der Waals surface area contributed by atoms with Crippen molar-refractivity contribution in [3.63, 3.8) is 0 Å². The largest absolute Gasteiger partial charge is 0.476 e. The Balaban J connectivity index is 1.58. The van der Waals surface area contributed by atoms with Gasteiger partial charge in [0.05, 0.1) is 12.4 Å². The van der Waals surface area contributed by atoms with Gasteiger partial charge in [0.15, 0.2) is 5.69 Å². The third-order valence-electron chi connectivity index (χ3n) is 3.91. The maximum absolute atomic E-state index is 10.8. The Morgan fingerprint density at radius 3 is 2.48 bits per heavy atom. The highest BCUT2D eigenvalue weighted by Gasteiger charge is 2.19. The average molecular weight is 333 g/mol. The van der Waals surface area contributed by atoms with E-state index in [0.717, 1.165) is 43.3 Å². The minimum atomic E-state index is -1.06. The molecule has 120 valence electrons. The molecular formula is C16H17ClN4O2. The first-order valence-electron chi connectivity index (χ1n) is 7.39. The summed E-state index contributed by atoms with van der Waals surface area (Å²) in [6, 6.07) is 7.89. The van der Waals surface area contributed by atoms with Crippen LogP contribution in [0, 0.1) is 0 Å². The number of carboxylic acids is 1. The number of halogens is 1. The van der Waals surface area contributed by atoms with Gasteiger partial charge < -0.3 is 10.0 Å². The van der Waals surface area contributed by atoms with E-state index in [9.17, 15) is 4.79 Å². The lowest BCUT2D eigenvalue weighted by atomic mass is 10.2. The molecule has 0 bridgehead atoms. The van der Waals surface area contributed by atoms with Crippen LogP contribution in [0.15, 0.2) is 36.7 Å². The van der Waals surface area contributed by atoms with Crippen molar-refractivity contribution >= 4 is 23.4 Å². The number of piperazine rings is 1. The molecule has 1 aliphatic heterocycles. The summed E-state index contributed by atoms with van der Waals surface area (Å²) in [5.74, 6) is -0.346. The molecule has 1 fully saturated rings. The van der Waals surface area contributed by atoms with Gasteiger partial charge in [-0.25, -0.2) is 14.8 Å². The van der Waals surface area contributed by atoms with Crippen molar-refractivity contribution in [2.24, 2.45) is 0 Å². The van der Waals surface area contributed by atoms with Crippen molar-refractivity contribution in [3.05, 3.63) is 52.9 Å². The summed E-state index contributed by atoms with van der Waals surface area (Å²) in [5.41, 5.74) is 1.10. The number of hydrogen-bond donors (Lipinski definition) is 1. The second kappa shape index (κ2) is 6.93. The fourth-order valence-electron chi connectivity index (χ4n) is 2.60. The zero-order valence-corrected chi connectivity index (χ0v) is 13.3. The van der Waals surface area contributed by atoms with Crippen LogP contribution >= 0.6 is 11.6 Å². The number of anilines is 1. The summed E-state index contributed by atoms with van der Waals surface area (Å²) in [4.78, 5) is 23.4. The van der Waals surface area contributed by atoms with E-state index in [4.69, 9.17) is 16.7 Å². The predicted octanol–water partition coefficient (Wildman–Crippen LogP) is 2.15. The topological polar surface area (TPSA) is 69.6 Å². The fourth-order valence-corrected chi connectivity index (χ4v) is 2.79. The lowest BCUT2D eigenvalue weighted by Gasteiger charge is -2.35. The normalized spacial score (nSPS) is 15.6. The van der Waals surface area contributed by atoms with E-state index in [1.807, 2.05) is 24.3 Å². The predicted molar refractivity (Wildman–Crippen MR) is 87.9 cm³/mol. The lowest BCUT2D eigenvalue weighted by molar-refractivity contribution is 0.0690. The molecule has 0 atom stereocenters. The number of carbonyl (C=O) groups is 1. The van der Waals surface area contributed by atoms with Gasteiger partial charge in [0.2, 0.25) is 0 Å². The van der Waals surface area contributed by atoms with Crippen molar-refractivity contribution < 1.29 is 9.90 Å². The molecule has 1 saturated heterocycles. The smallest absolute Gasteiger partial charge is 0.356 e. The summed E-state index contributed by atoms with van der Waals surface area (Å²) in [5, 5.41) is 9.65. The van der Waals surface area contributed by atoms with E-state index in [-0.39, 0.29) is 5.69 Å². The maximum atomic E-state index is 10.8. The minimum absolute atomic E-state index is 0.0360. The van der Waals surface area contributed by atoms with E-state index >= 15 is 0 Å².